The molecule has 0 radical (unpaired) electrons. The van der Waals surface area contributed by atoms with E-state index in [1.807, 2.05) is 0 Å². The molecule has 0 saturated carbocycles. The Bertz CT molecular complexity index is 708. The molecule has 1 aromatic rings. The van der Waals surface area contributed by atoms with Gasteiger partial charge in [-0.1, -0.05) is 6.92 Å². The number of aromatic amines is 1. The van der Waals surface area contributed by atoms with Crippen LogP contribution in [0.5, 0.6) is 0 Å². The van der Waals surface area contributed by atoms with Gasteiger partial charge in [0, 0.05) is 25.6 Å². The normalized spacial score (nSPS) is 22.6. The Balaban J connectivity index is 1.69. The Labute approximate surface area is 146 Å². The maximum atomic E-state index is 12.2. The van der Waals surface area contributed by atoms with Gasteiger partial charge < -0.3 is 15.5 Å². The number of H-pyrrole nitrogens is 1. The van der Waals surface area contributed by atoms with Gasteiger partial charge in [-0.15, -0.1) is 0 Å². The fourth-order valence-electron chi connectivity index (χ4n) is 3.25. The largest absolute Gasteiger partial charge is 0.346 e. The number of nitrogens with zero attached hydrogens (tertiary/aromatic N) is 2. The van der Waals surface area contributed by atoms with Crippen molar-refractivity contribution in [2.45, 2.75) is 51.6 Å². The zero-order valence-corrected chi connectivity index (χ0v) is 14.7. The summed E-state index contributed by atoms with van der Waals surface area (Å²) in [6.07, 6.45) is 3.01. The van der Waals surface area contributed by atoms with Gasteiger partial charge in [-0.05, 0) is 32.1 Å². The van der Waals surface area contributed by atoms with Crippen LogP contribution < -0.4 is 21.1 Å². The molecule has 2 aliphatic heterocycles. The Morgan fingerprint density at radius 2 is 2.04 bits per heavy atom. The van der Waals surface area contributed by atoms with Gasteiger partial charge in [0.05, 0.1) is 11.7 Å². The number of amides is 2. The summed E-state index contributed by atoms with van der Waals surface area (Å²) in [5.74, 6) is 0.896. The van der Waals surface area contributed by atoms with Crippen LogP contribution in [0, 0.1) is 5.92 Å². The average molecular weight is 347 g/mol. The number of anilines is 1. The van der Waals surface area contributed by atoms with Crippen LogP contribution in [0.2, 0.25) is 0 Å². The van der Waals surface area contributed by atoms with E-state index in [-0.39, 0.29) is 17.4 Å². The molecule has 2 saturated heterocycles. The molecule has 2 aliphatic rings. The van der Waals surface area contributed by atoms with E-state index >= 15 is 0 Å². The average Bonchev–Trinajstić information content (AvgIpc) is 3.01. The molecule has 3 N–H and O–H groups in total. The van der Waals surface area contributed by atoms with E-state index in [9.17, 15) is 14.4 Å². The molecule has 2 fully saturated rings. The Morgan fingerprint density at radius 3 is 2.68 bits per heavy atom. The number of aromatic nitrogens is 2. The fourth-order valence-corrected chi connectivity index (χ4v) is 3.25. The first-order valence-electron chi connectivity index (χ1n) is 8.88. The van der Waals surface area contributed by atoms with Crippen molar-refractivity contribution in [2.24, 2.45) is 5.92 Å². The second-order valence-electron chi connectivity index (χ2n) is 7.05. The molecule has 0 aliphatic carbocycles. The maximum absolute atomic E-state index is 12.2. The van der Waals surface area contributed by atoms with Crippen LogP contribution in [0.15, 0.2) is 10.9 Å². The van der Waals surface area contributed by atoms with Gasteiger partial charge in [0.25, 0.3) is 5.56 Å². The van der Waals surface area contributed by atoms with Gasteiger partial charge in [-0.3, -0.25) is 19.4 Å². The number of hydrogen-bond acceptors (Lipinski definition) is 5. The maximum Gasteiger partial charge on any atom is 0.252 e. The van der Waals surface area contributed by atoms with E-state index in [1.54, 1.807) is 6.92 Å². The zero-order valence-electron chi connectivity index (χ0n) is 14.7. The van der Waals surface area contributed by atoms with E-state index in [1.165, 1.54) is 6.07 Å². The summed E-state index contributed by atoms with van der Waals surface area (Å²) in [4.78, 5) is 44.9. The van der Waals surface area contributed by atoms with E-state index in [2.05, 4.69) is 32.4 Å². The highest BCUT2D eigenvalue weighted by Crippen LogP contribution is 2.20. The second kappa shape index (κ2) is 7.25. The minimum Gasteiger partial charge on any atom is -0.346 e. The van der Waals surface area contributed by atoms with Gasteiger partial charge in [0.2, 0.25) is 17.8 Å². The van der Waals surface area contributed by atoms with Gasteiger partial charge >= 0.3 is 0 Å². The molecular weight excluding hydrogens is 322 g/mol. The topological polar surface area (TPSA) is 107 Å². The highest BCUT2D eigenvalue weighted by molar-refractivity contribution is 5.90. The summed E-state index contributed by atoms with van der Waals surface area (Å²) in [6, 6.07) is 0.503. The van der Waals surface area contributed by atoms with E-state index in [0.29, 0.717) is 30.4 Å². The van der Waals surface area contributed by atoms with Crippen molar-refractivity contribution in [3.63, 3.8) is 0 Å². The molecule has 0 unspecified atom stereocenters. The van der Waals surface area contributed by atoms with Crippen LogP contribution in [0.25, 0.3) is 0 Å². The first kappa shape index (κ1) is 17.4. The molecule has 2 atom stereocenters. The molecule has 0 bridgehead atoms. The summed E-state index contributed by atoms with van der Waals surface area (Å²) in [6.45, 7) is 5.74. The second-order valence-corrected chi connectivity index (χ2v) is 7.05. The molecule has 25 heavy (non-hydrogen) atoms. The highest BCUT2D eigenvalue weighted by Gasteiger charge is 2.28. The lowest BCUT2D eigenvalue weighted by Gasteiger charge is -2.31. The van der Waals surface area contributed by atoms with Crippen LogP contribution in [0.4, 0.5) is 5.95 Å². The molecule has 3 heterocycles. The van der Waals surface area contributed by atoms with Crippen molar-refractivity contribution in [1.29, 1.82) is 0 Å². The van der Waals surface area contributed by atoms with E-state index < -0.39 is 12.1 Å². The minimum absolute atomic E-state index is 0.108. The predicted octanol–water partition coefficient (Wildman–Crippen LogP) is 0.462. The number of piperidine rings is 1. The predicted molar refractivity (Wildman–Crippen MR) is 93.2 cm³/mol. The molecule has 8 heteroatoms. The number of nitrogens with one attached hydrogen (secondary N) is 3. The molecule has 136 valence electrons. The monoisotopic (exact) mass is 347 g/mol. The number of carbonyl (C=O) groups is 2. The molecule has 1 aromatic heterocycles. The Kier molecular flexibility index (Phi) is 5.06. The first-order chi connectivity index (χ1) is 11.9. The van der Waals surface area contributed by atoms with Crippen molar-refractivity contribution in [3.05, 3.63) is 22.1 Å². The molecule has 2 amide bonds. The summed E-state index contributed by atoms with van der Waals surface area (Å²) < 4.78 is 0. The van der Waals surface area contributed by atoms with E-state index in [4.69, 9.17) is 0 Å². The molecule has 8 nitrogen and oxygen atoms in total. The van der Waals surface area contributed by atoms with Crippen LogP contribution in [0.1, 0.15) is 51.3 Å². The van der Waals surface area contributed by atoms with Gasteiger partial charge in [-0.25, -0.2) is 4.98 Å². The lowest BCUT2D eigenvalue weighted by Crippen LogP contribution is -2.43. The quantitative estimate of drug-likeness (QED) is 0.734. The van der Waals surface area contributed by atoms with Crippen molar-refractivity contribution < 1.29 is 9.59 Å². The third kappa shape index (κ3) is 4.18. The summed E-state index contributed by atoms with van der Waals surface area (Å²) >= 11 is 0. The van der Waals surface area contributed by atoms with Gasteiger partial charge in [0.15, 0.2) is 0 Å². The Morgan fingerprint density at radius 1 is 1.32 bits per heavy atom. The SMILES string of the molecule is CC1CCN(c2nc([C@H](C)NC(=O)[C@@H]3CCC(=O)N3)cc(=O)[nH]2)CC1. The van der Waals surface area contributed by atoms with Crippen molar-refractivity contribution in [1.82, 2.24) is 20.6 Å². The lowest BCUT2D eigenvalue weighted by atomic mass is 10.00. The number of rotatable bonds is 4. The van der Waals surface area contributed by atoms with Crippen LogP contribution in [-0.2, 0) is 9.59 Å². The first-order valence-corrected chi connectivity index (χ1v) is 8.88. The summed E-state index contributed by atoms with van der Waals surface area (Å²) in [5.41, 5.74) is 0.295. The molecule has 3 rings (SSSR count). The highest BCUT2D eigenvalue weighted by atomic mass is 16.2. The smallest absolute Gasteiger partial charge is 0.252 e. The molecule has 0 aromatic carbocycles. The lowest BCUT2D eigenvalue weighted by molar-refractivity contribution is -0.126. The number of hydrogen-bond donors (Lipinski definition) is 3. The molecule has 0 spiro atoms. The third-order valence-electron chi connectivity index (χ3n) is 4.95. The minimum atomic E-state index is -0.500. The van der Waals surface area contributed by atoms with Crippen LogP contribution in [-0.4, -0.2) is 40.9 Å². The fraction of sp³-hybridized carbons (Fsp3) is 0.647. The van der Waals surface area contributed by atoms with E-state index in [0.717, 1.165) is 25.9 Å². The van der Waals surface area contributed by atoms with Crippen molar-refractivity contribution in [2.75, 3.05) is 18.0 Å². The number of carbonyl (C=O) groups excluding carboxylic acids is 2. The van der Waals surface area contributed by atoms with Gasteiger partial charge in [-0.2, -0.15) is 0 Å². The summed E-state index contributed by atoms with van der Waals surface area (Å²) in [7, 11) is 0. The standard InChI is InChI=1S/C17H25N5O3/c1-10-5-7-22(8-6-10)17-20-13(9-15(24)21-17)11(2)18-16(25)12-3-4-14(23)19-12/h9-12H,3-8H2,1-2H3,(H,18,25)(H,19,23)(H,20,21,24)/t11-,12-/m0/s1. The van der Waals surface area contributed by atoms with Gasteiger partial charge in [0.1, 0.15) is 6.04 Å². The van der Waals surface area contributed by atoms with Crippen LogP contribution >= 0.6 is 0 Å². The van der Waals surface area contributed by atoms with Crippen LogP contribution in [0.3, 0.4) is 0 Å². The zero-order chi connectivity index (χ0) is 18.0. The third-order valence-corrected chi connectivity index (χ3v) is 4.95. The molecular formula is C17H25N5O3. The van der Waals surface area contributed by atoms with Crippen molar-refractivity contribution in [3.8, 4) is 0 Å². The van der Waals surface area contributed by atoms with Crippen molar-refractivity contribution >= 4 is 17.8 Å². The Hall–Kier alpha value is -2.38. The summed E-state index contributed by atoms with van der Waals surface area (Å²) in [5, 5.41) is 5.48.